The van der Waals surface area contributed by atoms with Gasteiger partial charge in [0.2, 0.25) is 5.60 Å². The van der Waals surface area contributed by atoms with Crippen molar-refractivity contribution in [3.8, 4) is 0 Å². The Morgan fingerprint density at radius 3 is 2.57 bits per heavy atom. The molecule has 0 bridgehead atoms. The summed E-state index contributed by atoms with van der Waals surface area (Å²) in [6, 6.07) is -1.19. The number of nitrogen functional groups attached to an aromatic ring is 1. The molecule has 2 amide bonds. The van der Waals surface area contributed by atoms with Gasteiger partial charge in [0, 0.05) is 18.2 Å². The number of anilines is 1. The van der Waals surface area contributed by atoms with Crippen LogP contribution in [0.15, 0.2) is 10.5 Å². The van der Waals surface area contributed by atoms with Gasteiger partial charge in [-0.15, -0.1) is 15.6 Å². The highest BCUT2D eigenvalue weighted by Gasteiger charge is 2.58. The summed E-state index contributed by atoms with van der Waals surface area (Å²) in [5.74, 6) is -3.01. The van der Waals surface area contributed by atoms with Gasteiger partial charge in [-0.2, -0.15) is 9.27 Å². The topological polar surface area (TPSA) is 218 Å². The van der Waals surface area contributed by atoms with Crippen molar-refractivity contribution < 1.29 is 37.4 Å². The molecule has 2 heterocycles. The number of aromatic nitrogens is 1. The number of rotatable bonds is 8. The molecule has 164 valence electrons. The highest BCUT2D eigenvalue weighted by atomic mass is 32.2. The first-order chi connectivity index (χ1) is 13.8. The molecule has 2 atom stereocenters. The van der Waals surface area contributed by atoms with Crippen molar-refractivity contribution in [3.05, 3.63) is 11.1 Å². The van der Waals surface area contributed by atoms with Crippen molar-refractivity contribution in [1.82, 2.24) is 15.4 Å². The third-order valence-corrected chi connectivity index (χ3v) is 5.54. The van der Waals surface area contributed by atoms with Gasteiger partial charge in [-0.3, -0.25) is 14.1 Å². The molecular weight excluding hydrogens is 444 g/mol. The van der Waals surface area contributed by atoms with E-state index in [-0.39, 0.29) is 23.7 Å². The van der Waals surface area contributed by atoms with Crippen molar-refractivity contribution in [2.24, 2.45) is 5.16 Å². The Morgan fingerprint density at radius 1 is 1.50 bits per heavy atom. The summed E-state index contributed by atoms with van der Waals surface area (Å²) >= 11 is 1.01. The van der Waals surface area contributed by atoms with Crippen LogP contribution in [0.1, 0.15) is 32.4 Å². The molecule has 1 aromatic rings. The molecular formula is C14H18N6O8S2. The number of thiazole rings is 1. The zero-order valence-electron chi connectivity index (χ0n) is 15.6. The van der Waals surface area contributed by atoms with Gasteiger partial charge in [0.1, 0.15) is 11.7 Å². The third kappa shape index (κ3) is 4.07. The summed E-state index contributed by atoms with van der Waals surface area (Å²) in [7, 11) is -4.45. The number of nitrogens with zero attached hydrogens (tertiary/aromatic N) is 3. The lowest BCUT2D eigenvalue weighted by Gasteiger charge is -2.50. The summed E-state index contributed by atoms with van der Waals surface area (Å²) in [5, 5.41) is 17.3. The minimum atomic E-state index is -4.45. The fourth-order valence-electron chi connectivity index (χ4n) is 2.62. The third-order valence-electron chi connectivity index (χ3n) is 4.51. The monoisotopic (exact) mass is 462 g/mol. The Hall–Kier alpha value is -2.82. The molecule has 16 heteroatoms. The predicted molar refractivity (Wildman–Crippen MR) is 101 cm³/mol. The Bertz CT molecular complexity index is 1040. The van der Waals surface area contributed by atoms with Crippen molar-refractivity contribution >= 4 is 50.3 Å². The number of carboxylic acids is 1. The second-order valence-corrected chi connectivity index (χ2v) is 9.13. The van der Waals surface area contributed by atoms with Crippen LogP contribution in [-0.2, 0) is 33.8 Å². The molecule has 1 aliphatic carbocycles. The van der Waals surface area contributed by atoms with Crippen LogP contribution in [0, 0.1) is 4.78 Å². The number of carbonyl (C=O) groups is 3. The van der Waals surface area contributed by atoms with Gasteiger partial charge in [-0.05, 0) is 13.8 Å². The van der Waals surface area contributed by atoms with E-state index in [4.69, 9.17) is 19.9 Å². The van der Waals surface area contributed by atoms with E-state index in [0.29, 0.717) is 5.06 Å². The second-order valence-electron chi connectivity index (χ2n) is 7.14. The van der Waals surface area contributed by atoms with E-state index >= 15 is 0 Å². The number of hydroxylamine groups is 2. The molecule has 30 heavy (non-hydrogen) atoms. The maximum absolute atomic E-state index is 12.8. The zero-order chi connectivity index (χ0) is 22.5. The summed E-state index contributed by atoms with van der Waals surface area (Å²) in [4.78, 5) is 45.3. The van der Waals surface area contributed by atoms with Gasteiger partial charge in [0.15, 0.2) is 10.8 Å². The molecule has 6 N–H and O–H groups in total. The quantitative estimate of drug-likeness (QED) is 0.190. The van der Waals surface area contributed by atoms with Crippen molar-refractivity contribution in [2.45, 2.75) is 43.9 Å². The van der Waals surface area contributed by atoms with Crippen LogP contribution in [-0.4, -0.2) is 64.6 Å². The van der Waals surface area contributed by atoms with Gasteiger partial charge < -0.3 is 21.0 Å². The average molecular weight is 462 g/mol. The Kier molecular flexibility index (Phi) is 5.21. The molecule has 14 nitrogen and oxygen atoms in total. The van der Waals surface area contributed by atoms with E-state index in [1.54, 1.807) is 0 Å². The predicted octanol–water partition coefficient (Wildman–Crippen LogP) is -0.465. The fraction of sp³-hybridized carbons (Fsp3) is 0.500. The fourth-order valence-corrected chi connectivity index (χ4v) is 3.63. The molecule has 0 radical (unpaired) electrons. The summed E-state index contributed by atoms with van der Waals surface area (Å²) in [6.45, 7) is 2.87. The molecule has 1 saturated carbocycles. The smallest absolute Gasteiger partial charge is 0.350 e. The molecule has 3 rings (SSSR count). The van der Waals surface area contributed by atoms with Crippen LogP contribution in [0.4, 0.5) is 5.13 Å². The second kappa shape index (κ2) is 7.15. The van der Waals surface area contributed by atoms with Gasteiger partial charge in [-0.25, -0.2) is 14.6 Å². The van der Waals surface area contributed by atoms with Gasteiger partial charge in [-0.1, -0.05) is 5.16 Å². The number of oxime groups is 1. The van der Waals surface area contributed by atoms with Crippen LogP contribution in [0.3, 0.4) is 0 Å². The Morgan fingerprint density at radius 2 is 2.13 bits per heavy atom. The minimum absolute atomic E-state index is 0.0124. The molecule has 1 aliphatic heterocycles. The summed E-state index contributed by atoms with van der Waals surface area (Å²) in [6.07, 6.45) is 0.432. The van der Waals surface area contributed by atoms with E-state index in [0.717, 1.165) is 11.3 Å². The number of nitrogens with two attached hydrogens (primary N) is 1. The van der Waals surface area contributed by atoms with Crippen LogP contribution >= 0.6 is 11.3 Å². The molecule has 2 fully saturated rings. The highest BCUT2D eigenvalue weighted by molar-refractivity contribution is 7.81. The first-order valence-corrected chi connectivity index (χ1v) is 10.7. The Labute approximate surface area is 174 Å². The number of nitrogens with one attached hydrogen (secondary N) is 2. The van der Waals surface area contributed by atoms with Gasteiger partial charge in [0.25, 0.3) is 11.8 Å². The normalized spacial score (nSPS) is 23.8. The van der Waals surface area contributed by atoms with E-state index in [2.05, 4.69) is 19.7 Å². The number of amides is 2. The Balaban J connectivity index is 1.81. The number of carbonyl (C=O) groups excluding carboxylic acids is 2. The highest BCUT2D eigenvalue weighted by Crippen LogP contribution is 2.40. The molecule has 1 unspecified atom stereocenters. The molecule has 1 aromatic heterocycles. The van der Waals surface area contributed by atoms with Gasteiger partial charge in [0.05, 0.1) is 5.54 Å². The van der Waals surface area contributed by atoms with Gasteiger partial charge >= 0.3 is 16.3 Å². The first kappa shape index (κ1) is 21.9. The number of hydrogen-bond donors (Lipinski definition) is 5. The van der Waals surface area contributed by atoms with Crippen molar-refractivity contribution in [3.63, 3.8) is 0 Å². The van der Waals surface area contributed by atoms with Crippen LogP contribution < -0.4 is 11.1 Å². The minimum Gasteiger partial charge on any atom is -0.478 e. The lowest BCUT2D eigenvalue weighted by Crippen LogP contribution is -2.76. The average Bonchev–Trinajstić information content (AvgIpc) is 3.31. The molecule has 0 aromatic carbocycles. The van der Waals surface area contributed by atoms with E-state index < -0.39 is 51.0 Å². The summed E-state index contributed by atoms with van der Waals surface area (Å²) in [5.41, 5.74) is 2.41. The maximum atomic E-state index is 12.8. The van der Waals surface area contributed by atoms with E-state index in [1.165, 1.54) is 19.2 Å². The standard InChI is InChI=1S/C14H18N6O8S2/c1-13(2)8(10(22)20(13)28-30(16,25)26)18-9(21)7(6-5-29-12(15)17-6)19-27-14(3-4-14)11(23)24/h5,8H,3-4H2,1-2H3,(H2,15,17)(H,18,21)(H,23,24)(H2,16,25,26)/b19-7-/t8-/m1/s1. The van der Waals surface area contributed by atoms with E-state index in [9.17, 15) is 23.7 Å². The van der Waals surface area contributed by atoms with Crippen LogP contribution in [0.2, 0.25) is 0 Å². The summed E-state index contributed by atoms with van der Waals surface area (Å²) < 4.78 is 31.4. The van der Waals surface area contributed by atoms with Crippen molar-refractivity contribution in [2.75, 3.05) is 5.73 Å². The lowest BCUT2D eigenvalue weighted by atomic mass is 9.84. The number of β-lactam (4-membered cyclic amide) rings is 1. The van der Waals surface area contributed by atoms with E-state index in [1.807, 2.05) is 0 Å². The van der Waals surface area contributed by atoms with Crippen LogP contribution in [0.25, 0.3) is 0 Å². The number of hydrogen-bond acceptors (Lipinski definition) is 11. The first-order valence-electron chi connectivity index (χ1n) is 8.33. The molecule has 1 saturated heterocycles. The van der Waals surface area contributed by atoms with Crippen LogP contribution in [0.5, 0.6) is 0 Å². The number of aliphatic carboxylic acids is 1. The SMILES string of the molecule is CC1(C)[C@H](NC(=O)/C(=N\OC2(C(=O)O)CC2)c2csc(N)n2)C(=O)N1OS(=N)(=O)O. The largest absolute Gasteiger partial charge is 0.478 e. The zero-order valence-corrected chi connectivity index (χ0v) is 17.3. The molecule has 2 aliphatic rings. The maximum Gasteiger partial charge on any atom is 0.350 e. The van der Waals surface area contributed by atoms with Crippen molar-refractivity contribution in [1.29, 1.82) is 4.78 Å². The lowest BCUT2D eigenvalue weighted by molar-refractivity contribution is -0.217. The number of carboxylic acid groups (broad SMARTS) is 1. The molecule has 0 spiro atoms.